The number of aromatic amines is 1. The second-order valence-electron chi connectivity index (χ2n) is 3.75. The first-order chi connectivity index (χ1) is 8.49. The van der Waals surface area contributed by atoms with Crippen molar-refractivity contribution in [3.8, 4) is 0 Å². The third-order valence-corrected chi connectivity index (χ3v) is 2.71. The smallest absolute Gasteiger partial charge is 0.295 e. The molecule has 0 saturated carbocycles. The van der Waals surface area contributed by atoms with Gasteiger partial charge >= 0.3 is 5.69 Å². The molecule has 1 N–H and O–H groups in total. The highest BCUT2D eigenvalue weighted by Crippen LogP contribution is 2.03. The number of rotatable bonds is 3. The van der Waals surface area contributed by atoms with Gasteiger partial charge in [0.2, 0.25) is 5.82 Å². The zero-order valence-corrected chi connectivity index (χ0v) is 10.2. The van der Waals surface area contributed by atoms with Crippen molar-refractivity contribution in [2.75, 3.05) is 0 Å². The number of aromatic nitrogens is 4. The lowest BCUT2D eigenvalue weighted by atomic mass is 10.3. The Morgan fingerprint density at radius 1 is 1.50 bits per heavy atom. The van der Waals surface area contributed by atoms with Gasteiger partial charge < -0.3 is 0 Å². The van der Waals surface area contributed by atoms with Crippen LogP contribution in [0.25, 0.3) is 0 Å². The Hall–Kier alpha value is -1.89. The molecule has 8 heteroatoms. The van der Waals surface area contributed by atoms with E-state index in [9.17, 15) is 14.0 Å². The van der Waals surface area contributed by atoms with E-state index in [2.05, 4.69) is 10.1 Å². The van der Waals surface area contributed by atoms with E-state index in [-0.39, 0.29) is 6.54 Å². The quantitative estimate of drug-likeness (QED) is 0.817. The molecule has 0 fully saturated rings. The Kier molecular flexibility index (Phi) is 3.33. The molecule has 0 aliphatic heterocycles. The van der Waals surface area contributed by atoms with E-state index in [1.54, 1.807) is 24.0 Å². The van der Waals surface area contributed by atoms with Gasteiger partial charge in [-0.1, -0.05) is 11.6 Å². The van der Waals surface area contributed by atoms with Gasteiger partial charge in [-0.15, -0.1) is 0 Å². The van der Waals surface area contributed by atoms with Gasteiger partial charge in [0.05, 0.1) is 5.69 Å². The fraction of sp³-hybridized carbons (Fsp3) is 0.300. The fourth-order valence-corrected chi connectivity index (χ4v) is 1.71. The first kappa shape index (κ1) is 12.6. The molecule has 2 heterocycles. The minimum atomic E-state index is -1.16. The maximum atomic E-state index is 13.2. The van der Waals surface area contributed by atoms with Crippen LogP contribution in [0.5, 0.6) is 0 Å². The Balaban J connectivity index is 2.28. The number of halogens is 2. The molecule has 0 radical (unpaired) electrons. The van der Waals surface area contributed by atoms with Crippen molar-refractivity contribution in [2.24, 2.45) is 7.05 Å². The minimum Gasteiger partial charge on any atom is -0.295 e. The largest absolute Gasteiger partial charge is 0.329 e. The Labute approximate surface area is 106 Å². The van der Waals surface area contributed by atoms with Crippen LogP contribution in [0.1, 0.15) is 5.69 Å². The summed E-state index contributed by atoms with van der Waals surface area (Å²) in [6.45, 7) is 0.0409. The number of hydrogen-bond donors (Lipinski definition) is 1. The zero-order chi connectivity index (χ0) is 13.3. The number of H-pyrrole nitrogens is 1. The van der Waals surface area contributed by atoms with Crippen molar-refractivity contribution in [2.45, 2.75) is 13.0 Å². The predicted octanol–water partition coefficient (Wildman–Crippen LogP) is 0.305. The molecule has 0 bridgehead atoms. The summed E-state index contributed by atoms with van der Waals surface area (Å²) in [7, 11) is 1.75. The number of nitrogens with zero attached hydrogens (tertiary/aromatic N) is 3. The molecule has 0 aliphatic rings. The summed E-state index contributed by atoms with van der Waals surface area (Å²) in [5.74, 6) is -1.16. The van der Waals surface area contributed by atoms with Crippen LogP contribution in [0.3, 0.4) is 0 Å². The molecule has 0 spiro atoms. The Morgan fingerprint density at radius 3 is 2.83 bits per heavy atom. The first-order valence-corrected chi connectivity index (χ1v) is 5.53. The zero-order valence-electron chi connectivity index (χ0n) is 9.48. The van der Waals surface area contributed by atoms with Crippen molar-refractivity contribution in [3.63, 3.8) is 0 Å². The van der Waals surface area contributed by atoms with Crippen LogP contribution in [-0.2, 0) is 20.0 Å². The van der Waals surface area contributed by atoms with Crippen LogP contribution in [0.15, 0.2) is 21.9 Å². The number of hydrogen-bond acceptors (Lipinski definition) is 3. The van der Waals surface area contributed by atoms with Crippen molar-refractivity contribution in [3.05, 3.63) is 49.8 Å². The van der Waals surface area contributed by atoms with Gasteiger partial charge in [-0.3, -0.25) is 19.0 Å². The molecule has 2 aromatic rings. The van der Waals surface area contributed by atoms with Gasteiger partial charge in [0.15, 0.2) is 5.15 Å². The van der Waals surface area contributed by atoms with Crippen LogP contribution in [0, 0.1) is 5.82 Å². The van der Waals surface area contributed by atoms with Gasteiger partial charge in [-0.25, -0.2) is 4.79 Å². The lowest BCUT2D eigenvalue weighted by Crippen LogP contribution is -2.37. The predicted molar refractivity (Wildman–Crippen MR) is 63.2 cm³/mol. The van der Waals surface area contributed by atoms with Gasteiger partial charge in [-0.2, -0.15) is 9.49 Å². The molecule has 0 aliphatic carbocycles. The van der Waals surface area contributed by atoms with E-state index in [1.807, 2.05) is 0 Å². The maximum Gasteiger partial charge on any atom is 0.329 e. The van der Waals surface area contributed by atoms with Crippen molar-refractivity contribution in [1.29, 1.82) is 0 Å². The molecular weight excluding hydrogens is 263 g/mol. The van der Waals surface area contributed by atoms with E-state index in [0.717, 1.165) is 4.57 Å². The summed E-state index contributed by atoms with van der Waals surface area (Å²) in [6, 6.07) is 1.76. The van der Waals surface area contributed by atoms with Crippen LogP contribution in [0.2, 0.25) is 5.15 Å². The second kappa shape index (κ2) is 4.77. The van der Waals surface area contributed by atoms with Crippen LogP contribution >= 0.6 is 11.6 Å². The summed E-state index contributed by atoms with van der Waals surface area (Å²) in [4.78, 5) is 25.0. The summed E-state index contributed by atoms with van der Waals surface area (Å²) < 4.78 is 15.6. The van der Waals surface area contributed by atoms with Crippen molar-refractivity contribution in [1.82, 2.24) is 19.3 Å². The fourth-order valence-electron chi connectivity index (χ4n) is 1.55. The van der Waals surface area contributed by atoms with Crippen LogP contribution < -0.4 is 11.2 Å². The Morgan fingerprint density at radius 2 is 2.22 bits per heavy atom. The first-order valence-electron chi connectivity index (χ1n) is 5.15. The topological polar surface area (TPSA) is 72.7 Å². The third kappa shape index (κ3) is 2.35. The molecule has 96 valence electrons. The van der Waals surface area contributed by atoms with E-state index in [4.69, 9.17) is 11.6 Å². The summed E-state index contributed by atoms with van der Waals surface area (Å²) in [6.07, 6.45) is 2.09. The lowest BCUT2D eigenvalue weighted by molar-refractivity contribution is 0.535. The SMILES string of the molecule is Cn1ccc(CCn2c(=O)[nH]c(Cl)c(F)c2=O)n1. The standard InChI is InChI=1S/C10H10ClFN4O2/c1-15-4-2-6(14-15)3-5-16-9(17)7(12)8(11)13-10(16)18/h2,4H,3,5H2,1H3,(H,13,18). The average molecular weight is 273 g/mol. The lowest BCUT2D eigenvalue weighted by Gasteiger charge is -2.03. The van der Waals surface area contributed by atoms with Crippen molar-refractivity contribution < 1.29 is 4.39 Å². The monoisotopic (exact) mass is 272 g/mol. The molecule has 0 amide bonds. The number of nitrogens with one attached hydrogen (secondary N) is 1. The average Bonchev–Trinajstić information content (AvgIpc) is 2.72. The van der Waals surface area contributed by atoms with Gasteiger partial charge in [0, 0.05) is 26.2 Å². The molecule has 6 nitrogen and oxygen atoms in total. The molecular formula is C10H10ClFN4O2. The van der Waals surface area contributed by atoms with Gasteiger partial charge in [0.1, 0.15) is 0 Å². The van der Waals surface area contributed by atoms with E-state index in [0.29, 0.717) is 12.1 Å². The summed E-state index contributed by atoms with van der Waals surface area (Å²) in [5.41, 5.74) is -1.05. The third-order valence-electron chi connectivity index (χ3n) is 2.45. The van der Waals surface area contributed by atoms with Gasteiger partial charge in [-0.05, 0) is 6.07 Å². The van der Waals surface area contributed by atoms with E-state index < -0.39 is 22.2 Å². The molecule has 2 aromatic heterocycles. The summed E-state index contributed by atoms with van der Waals surface area (Å²) in [5, 5.41) is 3.52. The number of aryl methyl sites for hydroxylation is 2. The van der Waals surface area contributed by atoms with E-state index in [1.165, 1.54) is 0 Å². The van der Waals surface area contributed by atoms with E-state index >= 15 is 0 Å². The highest BCUT2D eigenvalue weighted by atomic mass is 35.5. The Bertz CT molecular complexity index is 688. The minimum absolute atomic E-state index is 0.0409. The van der Waals surface area contributed by atoms with Crippen LogP contribution in [0.4, 0.5) is 4.39 Å². The van der Waals surface area contributed by atoms with Crippen molar-refractivity contribution >= 4 is 11.6 Å². The normalized spacial score (nSPS) is 10.8. The van der Waals surface area contributed by atoms with Crippen LogP contribution in [-0.4, -0.2) is 19.3 Å². The molecule has 0 unspecified atom stereocenters. The molecule has 18 heavy (non-hydrogen) atoms. The molecule has 0 saturated heterocycles. The maximum absolute atomic E-state index is 13.2. The molecule has 0 aromatic carbocycles. The molecule has 0 atom stereocenters. The summed E-state index contributed by atoms with van der Waals surface area (Å²) >= 11 is 5.35. The van der Waals surface area contributed by atoms with Gasteiger partial charge in [0.25, 0.3) is 5.56 Å². The second-order valence-corrected chi connectivity index (χ2v) is 4.12. The highest BCUT2D eigenvalue weighted by Gasteiger charge is 2.12. The highest BCUT2D eigenvalue weighted by molar-refractivity contribution is 6.29. The molecule has 2 rings (SSSR count).